The lowest BCUT2D eigenvalue weighted by Gasteiger charge is -2.32. The SMILES string of the molecule is C[C@@H]1CC(CNc2cncc(-c3cc(NC(=O)[C@H]4CNCCOC4)ncc3Cl)n2)C[C@H](C)O1. The van der Waals surface area contributed by atoms with Gasteiger partial charge in [-0.05, 0) is 38.7 Å². The molecule has 10 heteroatoms. The van der Waals surface area contributed by atoms with Crippen molar-refractivity contribution in [3.8, 4) is 11.3 Å². The van der Waals surface area contributed by atoms with Crippen molar-refractivity contribution >= 4 is 29.1 Å². The minimum absolute atomic E-state index is 0.147. The van der Waals surface area contributed by atoms with E-state index in [-0.39, 0.29) is 24.0 Å². The van der Waals surface area contributed by atoms with Crippen molar-refractivity contribution in [3.63, 3.8) is 0 Å². The van der Waals surface area contributed by atoms with Gasteiger partial charge in [0.1, 0.15) is 11.6 Å². The molecule has 1 unspecified atom stereocenters. The zero-order chi connectivity index (χ0) is 23.2. The van der Waals surface area contributed by atoms with Crippen molar-refractivity contribution in [2.75, 3.05) is 43.5 Å². The molecule has 0 aromatic carbocycles. The van der Waals surface area contributed by atoms with E-state index in [9.17, 15) is 4.79 Å². The van der Waals surface area contributed by atoms with Crippen LogP contribution in [0.2, 0.25) is 5.02 Å². The summed E-state index contributed by atoms with van der Waals surface area (Å²) in [5, 5.41) is 9.90. The van der Waals surface area contributed by atoms with Crippen LogP contribution in [0.25, 0.3) is 11.3 Å². The van der Waals surface area contributed by atoms with Gasteiger partial charge in [0.2, 0.25) is 5.91 Å². The number of carbonyl (C=O) groups excluding carboxylic acids is 1. The summed E-state index contributed by atoms with van der Waals surface area (Å²) in [5.41, 5.74) is 1.26. The normalized spacial score (nSPS) is 25.8. The van der Waals surface area contributed by atoms with Crippen LogP contribution in [0.15, 0.2) is 24.7 Å². The Hall–Kier alpha value is -2.33. The zero-order valence-electron chi connectivity index (χ0n) is 19.0. The molecule has 2 aliphatic heterocycles. The summed E-state index contributed by atoms with van der Waals surface area (Å²) in [6.45, 7) is 7.32. The molecule has 178 valence electrons. The molecule has 0 spiro atoms. The monoisotopic (exact) mass is 474 g/mol. The fourth-order valence-electron chi connectivity index (χ4n) is 4.34. The number of ether oxygens (including phenoxy) is 2. The predicted molar refractivity (Wildman–Crippen MR) is 127 cm³/mol. The Labute approximate surface area is 199 Å². The van der Waals surface area contributed by atoms with Gasteiger partial charge >= 0.3 is 0 Å². The molecule has 33 heavy (non-hydrogen) atoms. The van der Waals surface area contributed by atoms with Crippen LogP contribution < -0.4 is 16.0 Å². The molecule has 1 amide bonds. The molecule has 2 aromatic heterocycles. The van der Waals surface area contributed by atoms with Crippen molar-refractivity contribution in [2.24, 2.45) is 11.8 Å². The van der Waals surface area contributed by atoms with Crippen molar-refractivity contribution in [3.05, 3.63) is 29.7 Å². The largest absolute Gasteiger partial charge is 0.379 e. The van der Waals surface area contributed by atoms with Crippen LogP contribution in [0, 0.1) is 11.8 Å². The third-order valence-corrected chi connectivity index (χ3v) is 6.19. The van der Waals surface area contributed by atoms with E-state index in [2.05, 4.69) is 44.7 Å². The van der Waals surface area contributed by atoms with Gasteiger partial charge in [0, 0.05) is 31.4 Å². The molecule has 2 saturated heterocycles. The van der Waals surface area contributed by atoms with Gasteiger partial charge in [-0.1, -0.05) is 11.6 Å². The van der Waals surface area contributed by atoms with E-state index in [1.807, 2.05) is 0 Å². The van der Waals surface area contributed by atoms with E-state index < -0.39 is 0 Å². The fraction of sp³-hybridized carbons (Fsp3) is 0.565. The van der Waals surface area contributed by atoms with Gasteiger partial charge in [0.15, 0.2) is 0 Å². The third-order valence-electron chi connectivity index (χ3n) is 5.89. The van der Waals surface area contributed by atoms with Crippen molar-refractivity contribution in [1.82, 2.24) is 20.3 Å². The molecule has 4 atom stereocenters. The summed E-state index contributed by atoms with van der Waals surface area (Å²) < 4.78 is 11.3. The van der Waals surface area contributed by atoms with E-state index in [1.165, 1.54) is 6.20 Å². The van der Waals surface area contributed by atoms with E-state index >= 15 is 0 Å². The second kappa shape index (κ2) is 11.2. The van der Waals surface area contributed by atoms with E-state index in [1.54, 1.807) is 18.5 Å². The first kappa shape index (κ1) is 23.8. The number of amides is 1. The number of anilines is 2. The molecule has 0 bridgehead atoms. The zero-order valence-corrected chi connectivity index (χ0v) is 19.8. The molecule has 4 rings (SSSR count). The Morgan fingerprint density at radius 1 is 1.21 bits per heavy atom. The lowest BCUT2D eigenvalue weighted by atomic mass is 9.92. The topological polar surface area (TPSA) is 110 Å². The fourth-order valence-corrected chi connectivity index (χ4v) is 4.54. The van der Waals surface area contributed by atoms with Crippen molar-refractivity contribution in [1.29, 1.82) is 0 Å². The lowest BCUT2D eigenvalue weighted by molar-refractivity contribution is -0.121. The van der Waals surface area contributed by atoms with Gasteiger partial charge in [-0.15, -0.1) is 0 Å². The maximum absolute atomic E-state index is 12.6. The van der Waals surface area contributed by atoms with Gasteiger partial charge in [-0.3, -0.25) is 9.78 Å². The first-order valence-corrected chi connectivity index (χ1v) is 11.8. The number of pyridine rings is 1. The summed E-state index contributed by atoms with van der Waals surface area (Å²) in [6, 6.07) is 1.72. The van der Waals surface area contributed by atoms with Gasteiger partial charge in [0.25, 0.3) is 0 Å². The Balaban J connectivity index is 1.43. The number of nitrogens with one attached hydrogen (secondary N) is 3. The van der Waals surface area contributed by atoms with Crippen LogP contribution in [0.5, 0.6) is 0 Å². The van der Waals surface area contributed by atoms with Gasteiger partial charge in [0.05, 0.1) is 54.4 Å². The number of halogens is 1. The molecule has 4 heterocycles. The quantitative estimate of drug-likeness (QED) is 0.586. The van der Waals surface area contributed by atoms with Crippen LogP contribution in [-0.4, -0.2) is 65.9 Å². The molecule has 0 saturated carbocycles. The molecular formula is C23H31ClN6O3. The van der Waals surface area contributed by atoms with Crippen LogP contribution in [0.3, 0.4) is 0 Å². The maximum Gasteiger partial charge on any atom is 0.232 e. The summed E-state index contributed by atoms with van der Waals surface area (Å²) in [4.78, 5) is 25.9. The van der Waals surface area contributed by atoms with E-state index in [0.717, 1.165) is 25.9 Å². The summed E-state index contributed by atoms with van der Waals surface area (Å²) in [7, 11) is 0. The Morgan fingerprint density at radius 2 is 2.03 bits per heavy atom. The number of rotatable bonds is 6. The maximum atomic E-state index is 12.6. The van der Waals surface area contributed by atoms with Crippen LogP contribution in [0.4, 0.5) is 11.6 Å². The molecular weight excluding hydrogens is 444 g/mol. The molecule has 9 nitrogen and oxygen atoms in total. The summed E-state index contributed by atoms with van der Waals surface area (Å²) >= 11 is 6.41. The molecule has 2 aliphatic rings. The van der Waals surface area contributed by atoms with Crippen LogP contribution in [0.1, 0.15) is 26.7 Å². The molecule has 2 fully saturated rings. The number of nitrogens with zero attached hydrogens (tertiary/aromatic N) is 3. The second-order valence-electron chi connectivity index (χ2n) is 8.78. The molecule has 0 radical (unpaired) electrons. The van der Waals surface area contributed by atoms with Crippen LogP contribution >= 0.6 is 11.6 Å². The summed E-state index contributed by atoms with van der Waals surface area (Å²) in [5.74, 6) is 1.18. The Kier molecular flexibility index (Phi) is 8.08. The van der Waals surface area contributed by atoms with Gasteiger partial charge < -0.3 is 25.4 Å². The third kappa shape index (κ3) is 6.60. The highest BCUT2D eigenvalue weighted by atomic mass is 35.5. The lowest BCUT2D eigenvalue weighted by Crippen LogP contribution is -2.33. The van der Waals surface area contributed by atoms with Crippen molar-refractivity contribution in [2.45, 2.75) is 38.9 Å². The van der Waals surface area contributed by atoms with Crippen LogP contribution in [-0.2, 0) is 14.3 Å². The minimum Gasteiger partial charge on any atom is -0.379 e. The smallest absolute Gasteiger partial charge is 0.232 e. The van der Waals surface area contributed by atoms with E-state index in [4.69, 9.17) is 21.1 Å². The average Bonchev–Trinajstić information content (AvgIpc) is 3.08. The highest BCUT2D eigenvalue weighted by molar-refractivity contribution is 6.33. The molecule has 0 aliphatic carbocycles. The number of aromatic nitrogens is 3. The molecule has 3 N–H and O–H groups in total. The molecule has 2 aromatic rings. The second-order valence-corrected chi connectivity index (χ2v) is 9.19. The predicted octanol–water partition coefficient (Wildman–Crippen LogP) is 2.98. The highest BCUT2D eigenvalue weighted by Gasteiger charge is 2.24. The highest BCUT2D eigenvalue weighted by Crippen LogP contribution is 2.29. The number of carbonyl (C=O) groups is 1. The van der Waals surface area contributed by atoms with Gasteiger partial charge in [-0.2, -0.15) is 0 Å². The first-order valence-electron chi connectivity index (χ1n) is 11.4. The minimum atomic E-state index is -0.281. The van der Waals surface area contributed by atoms with E-state index in [0.29, 0.717) is 53.6 Å². The first-order chi connectivity index (χ1) is 16.0. The number of hydrogen-bond acceptors (Lipinski definition) is 8. The average molecular weight is 475 g/mol. The summed E-state index contributed by atoms with van der Waals surface area (Å²) in [6.07, 6.45) is 7.44. The van der Waals surface area contributed by atoms with Crippen molar-refractivity contribution < 1.29 is 14.3 Å². The Bertz CT molecular complexity index is 944. The van der Waals surface area contributed by atoms with Gasteiger partial charge in [-0.25, -0.2) is 9.97 Å². The standard InChI is InChI=1S/C23H31ClN6O3/c1-14-5-16(6-15(2)33-14)8-27-22-12-26-11-20(29-22)18-7-21(28-10-19(18)24)30-23(31)17-9-25-3-4-32-13-17/h7,10-12,14-17,25H,3-6,8-9,13H2,1-2H3,(H,27,29)(H,28,30,31)/t14-,15+,16?,17-/m0/s1. The Morgan fingerprint density at radius 3 is 2.85 bits per heavy atom. The number of hydrogen-bond donors (Lipinski definition) is 3.